The van der Waals surface area contributed by atoms with Gasteiger partial charge in [-0.3, -0.25) is 0 Å². The fourth-order valence-corrected chi connectivity index (χ4v) is 12.7. The largest absolute Gasteiger partial charge is 0.378 e. The Morgan fingerprint density at radius 2 is 1.30 bits per heavy atom. The smallest absolute Gasteiger partial charge is 0.0637 e. The van der Waals surface area contributed by atoms with Gasteiger partial charge in [-0.05, 0) is 196 Å². The molecule has 0 spiro atoms. The molecule has 0 saturated heterocycles. The first kappa shape index (κ1) is 48.3. The Hall–Kier alpha value is -0.360. The molecule has 0 aromatic carbocycles. The summed E-state index contributed by atoms with van der Waals surface area (Å²) < 4.78 is 20.6. The highest BCUT2D eigenvalue weighted by atomic mass is 16.5. The minimum absolute atomic E-state index is 0.157. The molecule has 56 heavy (non-hydrogen) atoms. The molecule has 330 valence electrons. The molecule has 9 N–H and O–H groups in total. The lowest BCUT2D eigenvalue weighted by Crippen LogP contribution is -2.63. The monoisotopic (exact) mass is 791 g/mol. The van der Waals surface area contributed by atoms with Crippen LogP contribution in [0.4, 0.5) is 0 Å². The Morgan fingerprint density at radius 1 is 0.661 bits per heavy atom. The standard InChI is InChI=1S/C47H94N6O3/c1-5-6-7-8-9-10-28-53(30-16-27-52-26-12-22-48)29-11-17-37(2)40-18-19-41-45-42(36-44(47(40,41)4)56-33-15-25-51)46(3)21-20-39(54-31-13-23-49)34-38(46)35-43(45)55-32-14-24-50/h37-45,52H,5-36,48-51H2,1-4H3/t37-,38?,39-,40-,41+,42+,43-,44+,45?,46?,47?/m1/s1. The zero-order valence-electron chi connectivity index (χ0n) is 37.3. The maximum Gasteiger partial charge on any atom is 0.0637 e. The maximum atomic E-state index is 7.12. The number of hydrogen-bond donors (Lipinski definition) is 5. The van der Waals surface area contributed by atoms with Gasteiger partial charge in [0.05, 0.1) is 18.3 Å². The number of ether oxygens (including phenoxy) is 3. The number of fused-ring (bicyclic) bond motifs is 5. The molecule has 4 aliphatic rings. The third kappa shape index (κ3) is 13.3. The van der Waals surface area contributed by atoms with Crippen molar-refractivity contribution in [3.63, 3.8) is 0 Å². The number of nitrogens with two attached hydrogens (primary N) is 4. The van der Waals surface area contributed by atoms with Crippen molar-refractivity contribution >= 4 is 0 Å². The van der Waals surface area contributed by atoms with Crippen LogP contribution in [0.3, 0.4) is 0 Å². The van der Waals surface area contributed by atoms with Gasteiger partial charge >= 0.3 is 0 Å². The lowest BCUT2D eigenvalue weighted by molar-refractivity contribution is -0.227. The van der Waals surface area contributed by atoms with Gasteiger partial charge in [-0.25, -0.2) is 0 Å². The highest BCUT2D eigenvalue weighted by molar-refractivity contribution is 5.15. The van der Waals surface area contributed by atoms with Crippen LogP contribution in [0, 0.1) is 46.3 Å². The number of hydrogen-bond acceptors (Lipinski definition) is 9. The summed E-state index contributed by atoms with van der Waals surface area (Å²) in [5, 5.41) is 3.61. The van der Waals surface area contributed by atoms with Gasteiger partial charge in [0.1, 0.15) is 0 Å². The van der Waals surface area contributed by atoms with Gasteiger partial charge in [0.2, 0.25) is 0 Å². The van der Waals surface area contributed by atoms with Crippen LogP contribution in [-0.4, -0.2) is 102 Å². The number of nitrogens with zero attached hydrogens (tertiary/aromatic N) is 1. The summed E-state index contributed by atoms with van der Waals surface area (Å²) in [6.07, 6.45) is 25.4. The molecule has 0 bridgehead atoms. The van der Waals surface area contributed by atoms with Crippen LogP contribution in [0.2, 0.25) is 0 Å². The molecular weight excluding hydrogens is 697 g/mol. The third-order valence-electron chi connectivity index (χ3n) is 15.8. The number of rotatable bonds is 31. The van der Waals surface area contributed by atoms with Crippen LogP contribution in [0.5, 0.6) is 0 Å². The number of nitrogens with one attached hydrogen (secondary N) is 1. The first-order valence-electron chi connectivity index (χ1n) is 24.4. The quantitative estimate of drug-likeness (QED) is 0.0452. The lowest BCUT2D eigenvalue weighted by atomic mass is 9.43. The van der Waals surface area contributed by atoms with Gasteiger partial charge in [0.25, 0.3) is 0 Å². The second kappa shape index (κ2) is 26.1. The van der Waals surface area contributed by atoms with Crippen molar-refractivity contribution in [1.29, 1.82) is 0 Å². The predicted octanol–water partition coefficient (Wildman–Crippen LogP) is 7.47. The van der Waals surface area contributed by atoms with E-state index in [4.69, 9.17) is 37.1 Å². The van der Waals surface area contributed by atoms with Crippen molar-refractivity contribution in [3.8, 4) is 0 Å². The normalized spacial score (nSPS) is 33.4. The molecule has 0 heterocycles. The Labute approximate surface area is 346 Å². The summed E-state index contributed by atoms with van der Waals surface area (Å²) in [5.74, 6) is 3.81. The van der Waals surface area contributed by atoms with E-state index in [-0.39, 0.29) is 11.5 Å². The average molecular weight is 791 g/mol. The van der Waals surface area contributed by atoms with Gasteiger partial charge in [-0.2, -0.15) is 0 Å². The van der Waals surface area contributed by atoms with Crippen molar-refractivity contribution in [2.45, 2.75) is 174 Å². The molecule has 4 aliphatic carbocycles. The molecule has 4 unspecified atom stereocenters. The first-order chi connectivity index (χ1) is 27.3. The zero-order chi connectivity index (χ0) is 40.2. The summed E-state index contributed by atoms with van der Waals surface area (Å²) >= 11 is 0. The predicted molar refractivity (Wildman–Crippen MR) is 236 cm³/mol. The van der Waals surface area contributed by atoms with Gasteiger partial charge in [-0.15, -0.1) is 0 Å². The zero-order valence-corrected chi connectivity index (χ0v) is 37.3. The highest BCUT2D eigenvalue weighted by Gasteiger charge is 2.66. The molecule has 11 atom stereocenters. The van der Waals surface area contributed by atoms with E-state index in [2.05, 4.69) is 37.9 Å². The summed E-state index contributed by atoms with van der Waals surface area (Å²) in [5.41, 5.74) is 24.1. The summed E-state index contributed by atoms with van der Waals surface area (Å²) in [6.45, 7) is 21.3. The minimum atomic E-state index is 0.157. The molecule has 4 rings (SSSR count). The second-order valence-electron chi connectivity index (χ2n) is 19.5. The second-order valence-corrected chi connectivity index (χ2v) is 19.5. The Bertz CT molecular complexity index is 1010. The van der Waals surface area contributed by atoms with E-state index < -0.39 is 0 Å². The molecule has 0 aromatic heterocycles. The molecule has 0 radical (unpaired) electrons. The van der Waals surface area contributed by atoms with Gasteiger partial charge in [0.15, 0.2) is 0 Å². The lowest BCUT2D eigenvalue weighted by Gasteiger charge is -2.65. The molecule has 0 aliphatic heterocycles. The molecule has 9 nitrogen and oxygen atoms in total. The van der Waals surface area contributed by atoms with E-state index >= 15 is 0 Å². The highest BCUT2D eigenvalue weighted by Crippen LogP contribution is 2.69. The summed E-state index contributed by atoms with van der Waals surface area (Å²) in [4.78, 5) is 2.79. The van der Waals surface area contributed by atoms with Crippen LogP contribution in [0.25, 0.3) is 0 Å². The fraction of sp³-hybridized carbons (Fsp3) is 1.00. The van der Waals surface area contributed by atoms with Crippen molar-refractivity contribution in [1.82, 2.24) is 10.2 Å². The molecular formula is C47H94N6O3. The van der Waals surface area contributed by atoms with Crippen molar-refractivity contribution in [2.75, 3.05) is 78.7 Å². The van der Waals surface area contributed by atoms with Gasteiger partial charge < -0.3 is 47.4 Å². The molecule has 4 saturated carbocycles. The van der Waals surface area contributed by atoms with Crippen LogP contribution >= 0.6 is 0 Å². The van der Waals surface area contributed by atoms with Crippen LogP contribution in [0.15, 0.2) is 0 Å². The van der Waals surface area contributed by atoms with E-state index in [1.54, 1.807) is 0 Å². The topological polar surface area (TPSA) is 147 Å². The minimum Gasteiger partial charge on any atom is -0.378 e. The van der Waals surface area contributed by atoms with E-state index in [0.29, 0.717) is 72.8 Å². The fourth-order valence-electron chi connectivity index (χ4n) is 12.7. The molecule has 0 amide bonds. The Kier molecular flexibility index (Phi) is 22.5. The van der Waals surface area contributed by atoms with E-state index in [9.17, 15) is 0 Å². The maximum absolute atomic E-state index is 7.12. The summed E-state index contributed by atoms with van der Waals surface area (Å²) in [6, 6.07) is 0. The van der Waals surface area contributed by atoms with Crippen LogP contribution in [0.1, 0.15) is 156 Å². The average Bonchev–Trinajstić information content (AvgIpc) is 3.56. The first-order valence-corrected chi connectivity index (χ1v) is 24.4. The Morgan fingerprint density at radius 3 is 2.04 bits per heavy atom. The molecule has 9 heteroatoms. The summed E-state index contributed by atoms with van der Waals surface area (Å²) in [7, 11) is 0. The SMILES string of the molecule is CCCCCCCCN(CCCNCCCN)CCC[C@@H](C)[C@H]1CC[C@H]2C3[C@H](OCCCN)CC4C[C@H](OCCCN)CCC4(C)[C@H]3C[C@H](OCCCN)C12C. The van der Waals surface area contributed by atoms with Crippen LogP contribution < -0.4 is 28.3 Å². The van der Waals surface area contributed by atoms with E-state index in [1.807, 2.05) is 0 Å². The number of unbranched alkanes of at least 4 members (excludes halogenated alkanes) is 5. The van der Waals surface area contributed by atoms with Gasteiger partial charge in [0, 0.05) is 25.2 Å². The van der Waals surface area contributed by atoms with E-state index in [0.717, 1.165) is 71.6 Å². The van der Waals surface area contributed by atoms with Crippen LogP contribution in [-0.2, 0) is 14.2 Å². The Balaban J connectivity index is 1.47. The van der Waals surface area contributed by atoms with Crippen molar-refractivity contribution < 1.29 is 14.2 Å². The molecule has 0 aromatic rings. The van der Waals surface area contributed by atoms with Crippen molar-refractivity contribution in [3.05, 3.63) is 0 Å². The van der Waals surface area contributed by atoms with Crippen molar-refractivity contribution in [2.24, 2.45) is 69.3 Å². The van der Waals surface area contributed by atoms with E-state index in [1.165, 1.54) is 116 Å². The van der Waals surface area contributed by atoms with Gasteiger partial charge in [-0.1, -0.05) is 59.8 Å². The molecule has 4 fully saturated rings. The third-order valence-corrected chi connectivity index (χ3v) is 15.8.